The third-order valence-corrected chi connectivity index (χ3v) is 1.13. The summed E-state index contributed by atoms with van der Waals surface area (Å²) in [5.74, 6) is -0.917. The first-order valence-electron chi connectivity index (χ1n) is 4.60. The maximum Gasteiger partial charge on any atom is 0.310 e. The van der Waals surface area contributed by atoms with Crippen molar-refractivity contribution in [2.75, 3.05) is 0 Å². The van der Waals surface area contributed by atoms with Gasteiger partial charge in [0.05, 0.1) is 6.26 Å². The van der Waals surface area contributed by atoms with Crippen LogP contribution in [0.2, 0.25) is 0 Å². The molecule has 0 bridgehead atoms. The predicted molar refractivity (Wildman–Crippen MR) is 53.7 cm³/mol. The molecular weight excluding hydrogens is 184 g/mol. The van der Waals surface area contributed by atoms with E-state index < -0.39 is 5.97 Å². The Morgan fingerprint density at radius 2 is 1.79 bits per heavy atom. The Labute approximate surface area is 84.6 Å². The van der Waals surface area contributed by atoms with Crippen LogP contribution in [-0.4, -0.2) is 17.0 Å². The SMILES string of the molecule is C=COC(=O)CCC.CCCC(=O)O. The molecular formula is C10H18O4. The Bertz CT molecular complexity index is 175. The highest BCUT2D eigenvalue weighted by molar-refractivity contribution is 5.69. The molecule has 1 N–H and O–H groups in total. The Kier molecular flexibility index (Phi) is 12.7. The number of carbonyl (C=O) groups excluding carboxylic acids is 1. The molecule has 0 aliphatic heterocycles. The van der Waals surface area contributed by atoms with Crippen LogP contribution in [0, 0.1) is 0 Å². The second kappa shape index (κ2) is 11.7. The lowest BCUT2D eigenvalue weighted by atomic mass is 10.3. The molecule has 0 unspecified atom stereocenters. The molecule has 0 aliphatic rings. The second-order valence-electron chi connectivity index (χ2n) is 2.55. The molecule has 0 spiro atoms. The smallest absolute Gasteiger partial charge is 0.310 e. The van der Waals surface area contributed by atoms with E-state index in [4.69, 9.17) is 5.11 Å². The summed E-state index contributed by atoms with van der Waals surface area (Å²) in [7, 11) is 0. The molecule has 0 aliphatic carbocycles. The lowest BCUT2D eigenvalue weighted by molar-refractivity contribution is -0.138. The quantitative estimate of drug-likeness (QED) is 0.549. The van der Waals surface area contributed by atoms with Gasteiger partial charge in [-0.25, -0.2) is 0 Å². The lowest BCUT2D eigenvalue weighted by Crippen LogP contribution is -1.96. The first kappa shape index (κ1) is 15.2. The van der Waals surface area contributed by atoms with Crippen LogP contribution in [0.5, 0.6) is 0 Å². The summed E-state index contributed by atoms with van der Waals surface area (Å²) in [5.41, 5.74) is 0. The molecule has 0 rings (SSSR count). The highest BCUT2D eigenvalue weighted by Crippen LogP contribution is 1.89. The molecule has 0 saturated heterocycles. The van der Waals surface area contributed by atoms with Crippen LogP contribution in [-0.2, 0) is 14.3 Å². The summed E-state index contributed by atoms with van der Waals surface area (Å²) in [6, 6.07) is 0. The van der Waals surface area contributed by atoms with Gasteiger partial charge in [-0.15, -0.1) is 0 Å². The first-order chi connectivity index (χ1) is 6.58. The Balaban J connectivity index is 0. The van der Waals surface area contributed by atoms with E-state index in [2.05, 4.69) is 11.3 Å². The van der Waals surface area contributed by atoms with Gasteiger partial charge in [0.1, 0.15) is 0 Å². The van der Waals surface area contributed by atoms with Crippen molar-refractivity contribution in [2.45, 2.75) is 39.5 Å². The van der Waals surface area contributed by atoms with Gasteiger partial charge in [0.15, 0.2) is 0 Å². The van der Waals surface area contributed by atoms with E-state index in [0.29, 0.717) is 12.8 Å². The Morgan fingerprint density at radius 3 is 2.00 bits per heavy atom. The van der Waals surface area contributed by atoms with Gasteiger partial charge in [-0.2, -0.15) is 0 Å². The van der Waals surface area contributed by atoms with E-state index in [0.717, 1.165) is 19.1 Å². The monoisotopic (exact) mass is 202 g/mol. The standard InChI is InChI=1S/C6H10O2.C4H8O2/c1-3-5-6(7)8-4-2;1-2-3-4(5)6/h4H,2-3,5H2,1H3;2-3H2,1H3,(H,5,6). The minimum absolute atomic E-state index is 0.206. The van der Waals surface area contributed by atoms with E-state index >= 15 is 0 Å². The minimum atomic E-state index is -0.711. The van der Waals surface area contributed by atoms with Crippen molar-refractivity contribution < 1.29 is 19.4 Å². The number of carboxylic acids is 1. The number of rotatable bonds is 5. The largest absolute Gasteiger partial charge is 0.481 e. The second-order valence-corrected chi connectivity index (χ2v) is 2.55. The number of ether oxygens (including phenoxy) is 1. The molecule has 0 saturated carbocycles. The van der Waals surface area contributed by atoms with Crippen LogP contribution < -0.4 is 0 Å². The summed E-state index contributed by atoms with van der Waals surface area (Å²) in [5, 5.41) is 7.91. The molecule has 0 atom stereocenters. The van der Waals surface area contributed by atoms with Gasteiger partial charge < -0.3 is 9.84 Å². The highest BCUT2D eigenvalue weighted by atomic mass is 16.5. The fraction of sp³-hybridized carbons (Fsp3) is 0.600. The summed E-state index contributed by atoms with van der Waals surface area (Å²) in [6.07, 6.45) is 3.48. The third kappa shape index (κ3) is 17.0. The topological polar surface area (TPSA) is 63.6 Å². The number of carboxylic acid groups (broad SMARTS) is 1. The van der Waals surface area contributed by atoms with E-state index in [-0.39, 0.29) is 5.97 Å². The molecule has 4 nitrogen and oxygen atoms in total. The third-order valence-electron chi connectivity index (χ3n) is 1.13. The summed E-state index contributed by atoms with van der Waals surface area (Å²) in [6.45, 7) is 7.00. The van der Waals surface area contributed by atoms with Crippen molar-refractivity contribution in [1.29, 1.82) is 0 Å². The fourth-order valence-electron chi connectivity index (χ4n) is 0.570. The highest BCUT2D eigenvalue weighted by Gasteiger charge is 1.94. The van der Waals surface area contributed by atoms with Crippen LogP contribution in [0.1, 0.15) is 39.5 Å². The van der Waals surface area contributed by atoms with Gasteiger partial charge in [-0.1, -0.05) is 20.4 Å². The van der Waals surface area contributed by atoms with Gasteiger partial charge in [-0.05, 0) is 12.8 Å². The lowest BCUT2D eigenvalue weighted by Gasteiger charge is -1.92. The van der Waals surface area contributed by atoms with E-state index in [1.807, 2.05) is 13.8 Å². The van der Waals surface area contributed by atoms with Crippen LogP contribution in [0.15, 0.2) is 12.8 Å². The maximum absolute atomic E-state index is 10.3. The Hall–Kier alpha value is -1.32. The predicted octanol–water partition coefficient (Wildman–Crippen LogP) is 2.34. The molecule has 14 heavy (non-hydrogen) atoms. The van der Waals surface area contributed by atoms with Gasteiger partial charge in [0, 0.05) is 12.8 Å². The molecule has 0 amide bonds. The van der Waals surface area contributed by atoms with Crippen molar-refractivity contribution in [2.24, 2.45) is 0 Å². The first-order valence-corrected chi connectivity index (χ1v) is 4.60. The molecule has 0 fully saturated rings. The molecule has 82 valence electrons. The summed E-state index contributed by atoms with van der Waals surface area (Å²) < 4.78 is 4.41. The fourth-order valence-corrected chi connectivity index (χ4v) is 0.570. The van der Waals surface area contributed by atoms with Crippen LogP contribution in [0.3, 0.4) is 0 Å². The van der Waals surface area contributed by atoms with Crippen molar-refractivity contribution in [3.8, 4) is 0 Å². The zero-order chi connectivity index (χ0) is 11.4. The average Bonchev–Trinajstić information content (AvgIpc) is 2.05. The zero-order valence-corrected chi connectivity index (χ0v) is 8.78. The minimum Gasteiger partial charge on any atom is -0.481 e. The molecule has 0 aromatic carbocycles. The van der Waals surface area contributed by atoms with Gasteiger partial charge in [0.25, 0.3) is 0 Å². The Morgan fingerprint density at radius 1 is 1.29 bits per heavy atom. The van der Waals surface area contributed by atoms with Gasteiger partial charge in [-0.3, -0.25) is 9.59 Å². The number of carbonyl (C=O) groups is 2. The number of esters is 1. The number of aliphatic carboxylic acids is 1. The van der Waals surface area contributed by atoms with Crippen molar-refractivity contribution >= 4 is 11.9 Å². The van der Waals surface area contributed by atoms with Gasteiger partial charge in [0.2, 0.25) is 0 Å². The van der Waals surface area contributed by atoms with Crippen molar-refractivity contribution in [3.63, 3.8) is 0 Å². The van der Waals surface area contributed by atoms with Gasteiger partial charge >= 0.3 is 11.9 Å². The van der Waals surface area contributed by atoms with E-state index in [1.54, 1.807) is 0 Å². The van der Waals surface area contributed by atoms with E-state index in [1.165, 1.54) is 0 Å². The molecule has 0 radical (unpaired) electrons. The van der Waals surface area contributed by atoms with Crippen LogP contribution in [0.4, 0.5) is 0 Å². The zero-order valence-electron chi connectivity index (χ0n) is 8.78. The van der Waals surface area contributed by atoms with E-state index in [9.17, 15) is 9.59 Å². The van der Waals surface area contributed by atoms with Crippen molar-refractivity contribution in [1.82, 2.24) is 0 Å². The normalized spacial score (nSPS) is 8.14. The maximum atomic E-state index is 10.3. The molecule has 0 heterocycles. The molecule has 4 heteroatoms. The van der Waals surface area contributed by atoms with Crippen LogP contribution in [0.25, 0.3) is 0 Å². The summed E-state index contributed by atoms with van der Waals surface area (Å²) in [4.78, 5) is 19.9. The number of hydrogen-bond donors (Lipinski definition) is 1. The van der Waals surface area contributed by atoms with Crippen molar-refractivity contribution in [3.05, 3.63) is 12.8 Å². The number of hydrogen-bond acceptors (Lipinski definition) is 3. The molecule has 0 aromatic rings. The molecule has 0 aromatic heterocycles. The summed E-state index contributed by atoms with van der Waals surface area (Å²) >= 11 is 0. The average molecular weight is 202 g/mol. The van der Waals surface area contributed by atoms with Crippen LogP contribution >= 0.6 is 0 Å².